The minimum Gasteiger partial charge on any atom is -0.322 e. The molecule has 1 heterocycles. The van der Waals surface area contributed by atoms with Gasteiger partial charge >= 0.3 is 0 Å². The zero-order valence-corrected chi connectivity index (χ0v) is 18.2. The molecule has 0 spiro atoms. The molecule has 158 valence electrons. The molecule has 0 saturated carbocycles. The number of nitrogens with one attached hydrogen (secondary N) is 1. The van der Waals surface area contributed by atoms with Gasteiger partial charge in [-0.15, -0.1) is 11.8 Å². The average Bonchev–Trinajstić information content (AvgIpc) is 3.15. The molecule has 0 aromatic heterocycles. The van der Waals surface area contributed by atoms with E-state index < -0.39 is 11.7 Å². The maximum atomic E-state index is 13.5. The number of hydrogen-bond donors (Lipinski definition) is 1. The zero-order valence-electron chi connectivity index (χ0n) is 17.3. The smallest absolute Gasteiger partial charge is 0.255 e. The molecule has 1 aliphatic heterocycles. The molecule has 6 heteroatoms. The van der Waals surface area contributed by atoms with Gasteiger partial charge in [-0.1, -0.05) is 56.3 Å². The molecule has 1 aliphatic rings. The summed E-state index contributed by atoms with van der Waals surface area (Å²) in [7, 11) is 0. The van der Waals surface area contributed by atoms with Crippen LogP contribution in [0.2, 0.25) is 0 Å². The fourth-order valence-corrected chi connectivity index (χ4v) is 4.96. The van der Waals surface area contributed by atoms with Gasteiger partial charge in [0, 0.05) is 22.5 Å². The molecule has 1 fully saturated rings. The second-order valence-electron chi connectivity index (χ2n) is 7.69. The van der Waals surface area contributed by atoms with Crippen LogP contribution in [0.1, 0.15) is 46.6 Å². The van der Waals surface area contributed by atoms with E-state index in [1.165, 1.54) is 30.0 Å². The summed E-state index contributed by atoms with van der Waals surface area (Å²) in [6, 6.07) is 21.0. The molecule has 3 aromatic rings. The zero-order chi connectivity index (χ0) is 22.0. The van der Waals surface area contributed by atoms with Gasteiger partial charge in [0.2, 0.25) is 5.91 Å². The lowest BCUT2D eigenvalue weighted by Crippen LogP contribution is -2.29. The SMILES string of the molecule is CC(C)c1ccccc1N1C(=O)CS[C@H]1c1ccccc1NC(=O)c1cccc(F)c1. The topological polar surface area (TPSA) is 49.4 Å². The van der Waals surface area contributed by atoms with E-state index in [-0.39, 0.29) is 22.8 Å². The summed E-state index contributed by atoms with van der Waals surface area (Å²) in [4.78, 5) is 27.5. The van der Waals surface area contributed by atoms with Crippen LogP contribution in [0, 0.1) is 5.82 Å². The largest absolute Gasteiger partial charge is 0.322 e. The standard InChI is InChI=1S/C25H23FN2O2S/c1-16(2)19-10-4-6-13-22(19)28-23(29)15-31-25(28)20-11-3-5-12-21(20)27-24(30)17-8-7-9-18(26)14-17/h3-14,16,25H,15H2,1-2H3,(H,27,30)/t25-/m0/s1. The van der Waals surface area contributed by atoms with Crippen LogP contribution in [0.4, 0.5) is 15.8 Å². The highest BCUT2D eigenvalue weighted by molar-refractivity contribution is 8.00. The van der Waals surface area contributed by atoms with Crippen molar-refractivity contribution < 1.29 is 14.0 Å². The van der Waals surface area contributed by atoms with Gasteiger partial charge < -0.3 is 5.32 Å². The molecule has 1 saturated heterocycles. The van der Waals surface area contributed by atoms with Crippen molar-refractivity contribution in [3.05, 3.63) is 95.3 Å². The van der Waals surface area contributed by atoms with E-state index in [0.29, 0.717) is 11.4 Å². The minimum atomic E-state index is -0.464. The fraction of sp³-hybridized carbons (Fsp3) is 0.200. The molecule has 3 aromatic carbocycles. The Bertz CT molecular complexity index is 1130. The summed E-state index contributed by atoms with van der Waals surface area (Å²) < 4.78 is 13.5. The van der Waals surface area contributed by atoms with Gasteiger partial charge in [0.1, 0.15) is 11.2 Å². The molecular formula is C25H23FN2O2S. The molecule has 4 rings (SSSR count). The molecule has 0 aliphatic carbocycles. The van der Waals surface area contributed by atoms with Crippen LogP contribution in [-0.2, 0) is 4.79 Å². The van der Waals surface area contributed by atoms with Crippen molar-refractivity contribution >= 4 is 35.0 Å². The van der Waals surface area contributed by atoms with Gasteiger partial charge in [-0.3, -0.25) is 14.5 Å². The Labute approximate surface area is 185 Å². The Morgan fingerprint density at radius 3 is 2.58 bits per heavy atom. The van der Waals surface area contributed by atoms with E-state index in [1.807, 2.05) is 53.4 Å². The van der Waals surface area contributed by atoms with E-state index >= 15 is 0 Å². The molecule has 31 heavy (non-hydrogen) atoms. The number of benzene rings is 3. The lowest BCUT2D eigenvalue weighted by atomic mass is 10.00. The lowest BCUT2D eigenvalue weighted by molar-refractivity contribution is -0.115. The summed E-state index contributed by atoms with van der Waals surface area (Å²) >= 11 is 1.53. The van der Waals surface area contributed by atoms with Crippen LogP contribution >= 0.6 is 11.8 Å². The minimum absolute atomic E-state index is 0.0364. The lowest BCUT2D eigenvalue weighted by Gasteiger charge is -2.29. The van der Waals surface area contributed by atoms with E-state index in [4.69, 9.17) is 0 Å². The molecule has 0 bridgehead atoms. The van der Waals surface area contributed by atoms with Crippen molar-refractivity contribution in [1.29, 1.82) is 0 Å². The van der Waals surface area contributed by atoms with Crippen molar-refractivity contribution in [1.82, 2.24) is 0 Å². The number of amides is 2. The number of rotatable bonds is 5. The summed E-state index contributed by atoms with van der Waals surface area (Å²) in [6.07, 6.45) is 0. The maximum absolute atomic E-state index is 13.5. The second kappa shape index (κ2) is 8.94. The molecule has 0 unspecified atom stereocenters. The first-order chi connectivity index (χ1) is 15.0. The molecule has 1 N–H and O–H groups in total. The van der Waals surface area contributed by atoms with Crippen LogP contribution in [-0.4, -0.2) is 17.6 Å². The Morgan fingerprint density at radius 2 is 1.81 bits per heavy atom. The van der Waals surface area contributed by atoms with Crippen molar-refractivity contribution in [2.45, 2.75) is 25.1 Å². The van der Waals surface area contributed by atoms with Crippen LogP contribution in [0.5, 0.6) is 0 Å². The van der Waals surface area contributed by atoms with Gasteiger partial charge in [-0.05, 0) is 41.8 Å². The van der Waals surface area contributed by atoms with Crippen LogP contribution < -0.4 is 10.2 Å². The van der Waals surface area contributed by atoms with E-state index in [9.17, 15) is 14.0 Å². The Morgan fingerprint density at radius 1 is 1.06 bits per heavy atom. The number of carbonyl (C=O) groups excluding carboxylic acids is 2. The quantitative estimate of drug-likeness (QED) is 0.537. The van der Waals surface area contributed by atoms with Gasteiger partial charge in [0.15, 0.2) is 0 Å². The molecule has 1 atom stereocenters. The van der Waals surface area contributed by atoms with E-state index in [2.05, 4.69) is 19.2 Å². The number of anilines is 2. The Kier molecular flexibility index (Phi) is 6.09. The second-order valence-corrected chi connectivity index (χ2v) is 8.76. The molecule has 0 radical (unpaired) electrons. The summed E-state index contributed by atoms with van der Waals surface area (Å²) in [5, 5.41) is 2.63. The van der Waals surface area contributed by atoms with Crippen molar-refractivity contribution in [2.75, 3.05) is 16.0 Å². The number of thioether (sulfide) groups is 1. The van der Waals surface area contributed by atoms with Crippen molar-refractivity contribution in [3.8, 4) is 0 Å². The monoisotopic (exact) mass is 434 g/mol. The molecule has 4 nitrogen and oxygen atoms in total. The fourth-order valence-electron chi connectivity index (χ4n) is 3.76. The summed E-state index contributed by atoms with van der Waals surface area (Å²) in [6.45, 7) is 4.21. The molecular weight excluding hydrogens is 411 g/mol. The third-order valence-corrected chi connectivity index (χ3v) is 6.44. The highest BCUT2D eigenvalue weighted by Gasteiger charge is 2.36. The number of nitrogens with zero attached hydrogens (tertiary/aromatic N) is 1. The first kappa shape index (κ1) is 21.1. The first-order valence-corrected chi connectivity index (χ1v) is 11.2. The maximum Gasteiger partial charge on any atom is 0.255 e. The predicted molar refractivity (Wildman–Crippen MR) is 124 cm³/mol. The number of halogens is 1. The Hall–Kier alpha value is -3.12. The predicted octanol–water partition coefficient (Wildman–Crippen LogP) is 5.98. The van der Waals surface area contributed by atoms with Gasteiger partial charge in [0.25, 0.3) is 5.91 Å². The first-order valence-electron chi connectivity index (χ1n) is 10.1. The highest BCUT2D eigenvalue weighted by Crippen LogP contribution is 2.46. The Balaban J connectivity index is 1.70. The van der Waals surface area contributed by atoms with Crippen molar-refractivity contribution in [2.24, 2.45) is 0 Å². The van der Waals surface area contributed by atoms with Crippen LogP contribution in [0.3, 0.4) is 0 Å². The van der Waals surface area contributed by atoms with Gasteiger partial charge in [-0.25, -0.2) is 4.39 Å². The van der Waals surface area contributed by atoms with Crippen LogP contribution in [0.25, 0.3) is 0 Å². The van der Waals surface area contributed by atoms with Gasteiger partial charge in [-0.2, -0.15) is 0 Å². The number of hydrogen-bond acceptors (Lipinski definition) is 3. The highest BCUT2D eigenvalue weighted by atomic mass is 32.2. The van der Waals surface area contributed by atoms with Crippen LogP contribution in [0.15, 0.2) is 72.8 Å². The molecule has 2 amide bonds. The average molecular weight is 435 g/mol. The van der Waals surface area contributed by atoms with E-state index in [0.717, 1.165) is 16.8 Å². The summed E-state index contributed by atoms with van der Waals surface area (Å²) in [5.74, 6) is -0.194. The number of para-hydroxylation sites is 2. The van der Waals surface area contributed by atoms with E-state index in [1.54, 1.807) is 6.07 Å². The van der Waals surface area contributed by atoms with Crippen molar-refractivity contribution in [3.63, 3.8) is 0 Å². The normalized spacial score (nSPS) is 16.1. The third kappa shape index (κ3) is 4.35. The third-order valence-electron chi connectivity index (χ3n) is 5.25. The van der Waals surface area contributed by atoms with Gasteiger partial charge in [0.05, 0.1) is 5.75 Å². The summed E-state index contributed by atoms with van der Waals surface area (Å²) in [5.41, 5.74) is 3.68. The number of carbonyl (C=O) groups is 2.